The van der Waals surface area contributed by atoms with E-state index in [1.54, 1.807) is 18.2 Å². The fourth-order valence-electron chi connectivity index (χ4n) is 3.02. The number of halogens is 1. The highest BCUT2D eigenvalue weighted by Gasteiger charge is 2.14. The van der Waals surface area contributed by atoms with Gasteiger partial charge in [0.25, 0.3) is 5.91 Å². The summed E-state index contributed by atoms with van der Waals surface area (Å²) in [7, 11) is 0. The number of para-hydroxylation sites is 1. The first-order valence-electron chi connectivity index (χ1n) is 9.26. The second-order valence-corrected chi connectivity index (χ2v) is 6.81. The van der Waals surface area contributed by atoms with Crippen LogP contribution in [0.1, 0.15) is 31.4 Å². The third-order valence-corrected chi connectivity index (χ3v) is 4.74. The fraction of sp³-hybridized carbons (Fsp3) is 0.217. The summed E-state index contributed by atoms with van der Waals surface area (Å²) in [5.41, 5.74) is 2.82. The minimum atomic E-state index is -0.368. The molecule has 0 unspecified atom stereocenters. The second-order valence-electron chi connectivity index (χ2n) is 6.81. The van der Waals surface area contributed by atoms with Crippen LogP contribution in [-0.4, -0.2) is 16.5 Å². The summed E-state index contributed by atoms with van der Waals surface area (Å²) >= 11 is 0. The number of nitrogens with zero attached hydrogens (tertiary/aromatic N) is 2. The molecule has 28 heavy (non-hydrogen) atoms. The molecular formula is C23H22FN3O. The highest BCUT2D eigenvalue weighted by molar-refractivity contribution is 6.04. The lowest BCUT2D eigenvalue weighted by molar-refractivity contribution is -0.117. The molecule has 0 bridgehead atoms. The monoisotopic (exact) mass is 375 g/mol. The van der Waals surface area contributed by atoms with Gasteiger partial charge in [-0.3, -0.25) is 4.79 Å². The molecule has 1 amide bonds. The Kier molecular flexibility index (Phi) is 5.90. The maximum absolute atomic E-state index is 13.2. The van der Waals surface area contributed by atoms with Crippen molar-refractivity contribution in [2.24, 2.45) is 0 Å². The van der Waals surface area contributed by atoms with Gasteiger partial charge in [0.2, 0.25) is 0 Å². The van der Waals surface area contributed by atoms with Crippen LogP contribution in [0.4, 0.5) is 4.39 Å². The third-order valence-electron chi connectivity index (χ3n) is 4.74. The summed E-state index contributed by atoms with van der Waals surface area (Å²) in [6, 6.07) is 16.2. The van der Waals surface area contributed by atoms with E-state index in [4.69, 9.17) is 0 Å². The second kappa shape index (κ2) is 8.53. The Labute approximate surface area is 163 Å². The molecule has 3 rings (SSSR count). The minimum absolute atomic E-state index is 0.00377. The molecule has 0 aliphatic heterocycles. The minimum Gasteiger partial charge on any atom is -0.349 e. The first-order valence-corrected chi connectivity index (χ1v) is 9.26. The molecule has 4 nitrogen and oxygen atoms in total. The van der Waals surface area contributed by atoms with Crippen molar-refractivity contribution in [3.63, 3.8) is 0 Å². The number of carbonyl (C=O) groups excluding carboxylic acids is 1. The Hall–Kier alpha value is -3.39. The Morgan fingerprint density at radius 2 is 1.96 bits per heavy atom. The molecule has 0 spiro atoms. The smallest absolute Gasteiger partial charge is 0.262 e. The molecule has 1 N–H and O–H groups in total. The van der Waals surface area contributed by atoms with Crippen molar-refractivity contribution in [3.05, 3.63) is 77.2 Å². The van der Waals surface area contributed by atoms with E-state index < -0.39 is 0 Å². The van der Waals surface area contributed by atoms with Crippen molar-refractivity contribution in [2.45, 2.75) is 32.9 Å². The van der Waals surface area contributed by atoms with Crippen molar-refractivity contribution in [1.82, 2.24) is 9.88 Å². The lowest BCUT2D eigenvalue weighted by Crippen LogP contribution is -2.32. The van der Waals surface area contributed by atoms with Gasteiger partial charge in [-0.05, 0) is 43.2 Å². The number of fused-ring (bicyclic) bond motifs is 1. The van der Waals surface area contributed by atoms with Crippen molar-refractivity contribution < 1.29 is 9.18 Å². The van der Waals surface area contributed by atoms with Crippen LogP contribution in [0.2, 0.25) is 0 Å². The molecule has 142 valence electrons. The number of rotatable bonds is 6. The van der Waals surface area contributed by atoms with Gasteiger partial charge in [0.1, 0.15) is 17.5 Å². The predicted molar refractivity (Wildman–Crippen MR) is 109 cm³/mol. The van der Waals surface area contributed by atoms with Crippen molar-refractivity contribution in [1.29, 1.82) is 5.26 Å². The number of amides is 1. The summed E-state index contributed by atoms with van der Waals surface area (Å²) in [5.74, 6) is -0.636. The first kappa shape index (κ1) is 19.4. The Balaban J connectivity index is 1.98. The maximum atomic E-state index is 13.2. The Bertz CT molecular complexity index is 1060. The van der Waals surface area contributed by atoms with Crippen molar-refractivity contribution in [3.8, 4) is 6.07 Å². The quantitative estimate of drug-likeness (QED) is 0.504. The molecule has 5 heteroatoms. The van der Waals surface area contributed by atoms with E-state index >= 15 is 0 Å². The van der Waals surface area contributed by atoms with Gasteiger partial charge in [-0.15, -0.1) is 0 Å². The predicted octanol–water partition coefficient (Wildman–Crippen LogP) is 4.65. The van der Waals surface area contributed by atoms with E-state index in [-0.39, 0.29) is 23.3 Å². The number of nitriles is 1. The molecule has 0 saturated heterocycles. The molecule has 0 saturated carbocycles. The molecule has 0 radical (unpaired) electrons. The largest absolute Gasteiger partial charge is 0.349 e. The Morgan fingerprint density at radius 3 is 2.64 bits per heavy atom. The number of hydrogen-bond acceptors (Lipinski definition) is 2. The standard InChI is InChI=1S/C23H22FN3O/c1-3-16(2)26-23(28)18(13-25)12-19-15-27(22-7-5-4-6-21(19)22)14-17-8-10-20(24)11-9-17/h4-12,15-16H,3,14H2,1-2H3,(H,26,28)/b18-12+/t16-/m0/s1. The molecule has 1 heterocycles. The van der Waals surface area contributed by atoms with Crippen LogP contribution in [0, 0.1) is 17.1 Å². The highest BCUT2D eigenvalue weighted by Crippen LogP contribution is 2.24. The number of nitrogens with one attached hydrogen (secondary N) is 1. The van der Waals surface area contributed by atoms with Crippen LogP contribution in [-0.2, 0) is 11.3 Å². The van der Waals surface area contributed by atoms with Gasteiger partial charge < -0.3 is 9.88 Å². The summed E-state index contributed by atoms with van der Waals surface area (Å²) in [6.45, 7) is 4.45. The van der Waals surface area contributed by atoms with E-state index in [1.807, 2.05) is 54.9 Å². The van der Waals surface area contributed by atoms with Gasteiger partial charge in [-0.1, -0.05) is 37.3 Å². The third kappa shape index (κ3) is 4.29. The maximum Gasteiger partial charge on any atom is 0.262 e. The molecule has 3 aromatic rings. The van der Waals surface area contributed by atoms with Gasteiger partial charge >= 0.3 is 0 Å². The van der Waals surface area contributed by atoms with E-state index in [9.17, 15) is 14.4 Å². The molecule has 0 fully saturated rings. The molecule has 2 aromatic carbocycles. The van der Waals surface area contributed by atoms with Gasteiger partial charge in [-0.2, -0.15) is 5.26 Å². The lowest BCUT2D eigenvalue weighted by Gasteiger charge is -2.10. The van der Waals surface area contributed by atoms with Crippen LogP contribution < -0.4 is 5.32 Å². The first-order chi connectivity index (χ1) is 13.5. The summed E-state index contributed by atoms with van der Waals surface area (Å²) < 4.78 is 15.2. The zero-order valence-corrected chi connectivity index (χ0v) is 15.9. The van der Waals surface area contributed by atoms with E-state index in [0.29, 0.717) is 6.54 Å². The summed E-state index contributed by atoms with van der Waals surface area (Å²) in [4.78, 5) is 12.4. The van der Waals surface area contributed by atoms with Gasteiger partial charge in [0.05, 0.1) is 0 Å². The zero-order chi connectivity index (χ0) is 20.1. The number of aromatic nitrogens is 1. The Morgan fingerprint density at radius 1 is 1.25 bits per heavy atom. The number of hydrogen-bond donors (Lipinski definition) is 1. The highest BCUT2D eigenvalue weighted by atomic mass is 19.1. The van der Waals surface area contributed by atoms with Gasteiger partial charge in [-0.25, -0.2) is 4.39 Å². The molecule has 1 aromatic heterocycles. The molecule has 0 aliphatic carbocycles. The van der Waals surface area contributed by atoms with Crippen LogP contribution in [0.25, 0.3) is 17.0 Å². The van der Waals surface area contributed by atoms with Crippen LogP contribution in [0.15, 0.2) is 60.3 Å². The van der Waals surface area contributed by atoms with E-state index in [2.05, 4.69) is 5.32 Å². The summed E-state index contributed by atoms with van der Waals surface area (Å²) in [6.07, 6.45) is 4.34. The van der Waals surface area contributed by atoms with Crippen LogP contribution in [0.3, 0.4) is 0 Å². The van der Waals surface area contributed by atoms with E-state index in [1.165, 1.54) is 12.1 Å². The van der Waals surface area contributed by atoms with Crippen LogP contribution in [0.5, 0.6) is 0 Å². The average Bonchev–Trinajstić information content (AvgIpc) is 3.05. The zero-order valence-electron chi connectivity index (χ0n) is 15.9. The lowest BCUT2D eigenvalue weighted by atomic mass is 10.1. The summed E-state index contributed by atoms with van der Waals surface area (Å²) in [5, 5.41) is 13.2. The van der Waals surface area contributed by atoms with Crippen LogP contribution >= 0.6 is 0 Å². The van der Waals surface area contributed by atoms with Gasteiger partial charge in [0.15, 0.2) is 0 Å². The van der Waals surface area contributed by atoms with Crippen molar-refractivity contribution >= 4 is 22.9 Å². The van der Waals surface area contributed by atoms with Crippen molar-refractivity contribution in [2.75, 3.05) is 0 Å². The molecular weight excluding hydrogens is 353 g/mol. The average molecular weight is 375 g/mol. The van der Waals surface area contributed by atoms with E-state index in [0.717, 1.165) is 28.5 Å². The topological polar surface area (TPSA) is 57.8 Å². The molecule has 0 aliphatic rings. The van der Waals surface area contributed by atoms with Gasteiger partial charge in [0, 0.05) is 35.2 Å². The normalized spacial score (nSPS) is 12.6. The molecule has 1 atom stereocenters. The number of carbonyl (C=O) groups is 1. The SMILES string of the molecule is CC[C@H](C)NC(=O)/C(C#N)=C/c1cn(Cc2ccc(F)cc2)c2ccccc12. The number of benzene rings is 2. The fourth-order valence-corrected chi connectivity index (χ4v) is 3.02.